The van der Waals surface area contributed by atoms with Crippen molar-refractivity contribution >= 4 is 22.9 Å². The highest BCUT2D eigenvalue weighted by Crippen LogP contribution is 2.22. The molecule has 19 heavy (non-hydrogen) atoms. The number of rotatable bonds is 4. The molecule has 1 amide bonds. The van der Waals surface area contributed by atoms with Crippen LogP contribution < -0.4 is 10.5 Å². The van der Waals surface area contributed by atoms with Gasteiger partial charge in [-0.15, -0.1) is 11.3 Å². The van der Waals surface area contributed by atoms with Gasteiger partial charge in [-0.3, -0.25) is 4.79 Å². The largest absolute Gasteiger partial charge is 0.496 e. The van der Waals surface area contributed by atoms with E-state index >= 15 is 0 Å². The summed E-state index contributed by atoms with van der Waals surface area (Å²) in [4.78, 5) is 18.1. The predicted molar refractivity (Wildman–Crippen MR) is 75.3 cm³/mol. The van der Waals surface area contributed by atoms with Gasteiger partial charge in [0.25, 0.3) is 5.91 Å². The van der Waals surface area contributed by atoms with E-state index in [1.807, 2.05) is 5.38 Å². The molecule has 5 nitrogen and oxygen atoms in total. The molecular weight excluding hydrogens is 262 g/mol. The molecule has 100 valence electrons. The van der Waals surface area contributed by atoms with Crippen LogP contribution in [0.1, 0.15) is 16.1 Å². The number of aromatic nitrogens is 1. The number of carbonyl (C=O) groups is 1. The van der Waals surface area contributed by atoms with Gasteiger partial charge in [0.2, 0.25) is 0 Å². The van der Waals surface area contributed by atoms with Crippen LogP contribution in [0.3, 0.4) is 0 Å². The molecule has 0 atom stereocenters. The Hall–Kier alpha value is -2.08. The summed E-state index contributed by atoms with van der Waals surface area (Å²) in [6.07, 6.45) is 0. The lowest BCUT2D eigenvalue weighted by Gasteiger charge is -2.18. The summed E-state index contributed by atoms with van der Waals surface area (Å²) in [6.45, 7) is 0.459. The van der Waals surface area contributed by atoms with Crippen LogP contribution in [-0.2, 0) is 6.54 Å². The maximum atomic E-state index is 12.4. The maximum absolute atomic E-state index is 12.4. The Kier molecular flexibility index (Phi) is 4.01. The van der Waals surface area contributed by atoms with Crippen LogP contribution in [0.15, 0.2) is 29.1 Å². The second-order valence-electron chi connectivity index (χ2n) is 4.10. The number of hydrogen-bond donors (Lipinski definition) is 1. The number of anilines is 1. The molecule has 1 aromatic carbocycles. The second kappa shape index (κ2) is 5.71. The maximum Gasteiger partial charge on any atom is 0.257 e. The molecule has 2 N–H and O–H groups in total. The number of nitrogens with two attached hydrogens (primary N) is 1. The highest BCUT2D eigenvalue weighted by Gasteiger charge is 2.17. The average molecular weight is 277 g/mol. The minimum atomic E-state index is -0.142. The van der Waals surface area contributed by atoms with Crippen molar-refractivity contribution in [2.24, 2.45) is 0 Å². The zero-order valence-electron chi connectivity index (χ0n) is 10.8. The molecule has 0 saturated carbocycles. The third kappa shape index (κ3) is 3.03. The Morgan fingerprint density at radius 3 is 2.95 bits per heavy atom. The molecule has 2 aromatic rings. The SMILES string of the molecule is COc1ccc(N)cc1C(=O)N(C)Cc1cscn1. The monoisotopic (exact) mass is 277 g/mol. The molecule has 0 fully saturated rings. The number of benzene rings is 1. The van der Waals surface area contributed by atoms with E-state index in [-0.39, 0.29) is 5.91 Å². The van der Waals surface area contributed by atoms with E-state index in [0.717, 1.165) is 5.69 Å². The van der Waals surface area contributed by atoms with Crippen LogP contribution in [0, 0.1) is 0 Å². The minimum absolute atomic E-state index is 0.142. The predicted octanol–water partition coefficient (Wildman–Crippen LogP) is 2.01. The Balaban J connectivity index is 2.21. The van der Waals surface area contributed by atoms with Gasteiger partial charge in [-0.1, -0.05) is 0 Å². The second-order valence-corrected chi connectivity index (χ2v) is 4.82. The molecule has 2 rings (SSSR count). The molecule has 0 bridgehead atoms. The standard InChI is InChI=1S/C13H15N3O2S/c1-16(6-10-7-19-8-15-10)13(17)11-5-9(14)3-4-12(11)18-2/h3-5,7-8H,6,14H2,1-2H3. The summed E-state index contributed by atoms with van der Waals surface area (Å²) in [5, 5.41) is 1.92. The number of amides is 1. The van der Waals surface area contributed by atoms with Crippen LogP contribution in [0.4, 0.5) is 5.69 Å². The Bertz CT molecular complexity index is 569. The molecule has 0 spiro atoms. The third-order valence-corrected chi connectivity index (χ3v) is 3.32. The first-order valence-corrected chi connectivity index (χ1v) is 6.62. The van der Waals surface area contributed by atoms with Crippen molar-refractivity contribution < 1.29 is 9.53 Å². The number of nitrogens with zero attached hydrogens (tertiary/aromatic N) is 2. The summed E-state index contributed by atoms with van der Waals surface area (Å²) in [6, 6.07) is 5.02. The minimum Gasteiger partial charge on any atom is -0.496 e. The molecule has 0 unspecified atom stereocenters. The third-order valence-electron chi connectivity index (χ3n) is 2.68. The first kappa shape index (κ1) is 13.4. The Morgan fingerprint density at radius 1 is 1.53 bits per heavy atom. The fourth-order valence-electron chi connectivity index (χ4n) is 1.73. The number of ether oxygens (including phenoxy) is 1. The van der Waals surface area contributed by atoms with Gasteiger partial charge < -0.3 is 15.4 Å². The molecule has 0 radical (unpaired) electrons. The molecule has 1 aromatic heterocycles. The van der Waals surface area contributed by atoms with E-state index in [2.05, 4.69) is 4.98 Å². The normalized spacial score (nSPS) is 10.2. The highest BCUT2D eigenvalue weighted by molar-refractivity contribution is 7.07. The van der Waals surface area contributed by atoms with E-state index < -0.39 is 0 Å². The van der Waals surface area contributed by atoms with E-state index in [9.17, 15) is 4.79 Å². The van der Waals surface area contributed by atoms with E-state index in [1.54, 1.807) is 35.7 Å². The van der Waals surface area contributed by atoms with Crippen LogP contribution in [-0.4, -0.2) is 29.9 Å². The molecule has 6 heteroatoms. The summed E-state index contributed by atoms with van der Waals surface area (Å²) >= 11 is 1.51. The van der Waals surface area contributed by atoms with Crippen molar-refractivity contribution in [1.82, 2.24) is 9.88 Å². The number of hydrogen-bond acceptors (Lipinski definition) is 5. The van der Waals surface area contributed by atoms with Gasteiger partial charge in [0.05, 0.1) is 30.4 Å². The quantitative estimate of drug-likeness (QED) is 0.868. The molecule has 0 saturated heterocycles. The highest BCUT2D eigenvalue weighted by atomic mass is 32.1. The van der Waals surface area contributed by atoms with Gasteiger partial charge in [0.15, 0.2) is 0 Å². The number of nitrogen functional groups attached to an aromatic ring is 1. The number of methoxy groups -OCH3 is 1. The van der Waals surface area contributed by atoms with Gasteiger partial charge in [0, 0.05) is 18.1 Å². The molecule has 0 aliphatic heterocycles. The van der Waals surface area contributed by atoms with Gasteiger partial charge >= 0.3 is 0 Å². The fourth-order valence-corrected chi connectivity index (χ4v) is 2.28. The molecular formula is C13H15N3O2S. The summed E-state index contributed by atoms with van der Waals surface area (Å²) in [5.74, 6) is 0.376. The first-order valence-electron chi connectivity index (χ1n) is 5.68. The zero-order chi connectivity index (χ0) is 13.8. The zero-order valence-corrected chi connectivity index (χ0v) is 11.6. The van der Waals surface area contributed by atoms with Gasteiger partial charge in [-0.05, 0) is 18.2 Å². The van der Waals surface area contributed by atoms with E-state index in [4.69, 9.17) is 10.5 Å². The summed E-state index contributed by atoms with van der Waals surface area (Å²) in [5.41, 5.74) is 9.32. The molecule has 0 aliphatic carbocycles. The van der Waals surface area contributed by atoms with Crippen LogP contribution in [0.2, 0.25) is 0 Å². The lowest BCUT2D eigenvalue weighted by Crippen LogP contribution is -2.26. The molecule has 0 aliphatic rings. The van der Waals surface area contributed by atoms with Crippen molar-refractivity contribution in [1.29, 1.82) is 0 Å². The Labute approximate surface area is 115 Å². The smallest absolute Gasteiger partial charge is 0.257 e. The van der Waals surface area contributed by atoms with Crippen LogP contribution in [0.25, 0.3) is 0 Å². The number of thiazole rings is 1. The first-order chi connectivity index (χ1) is 9.11. The lowest BCUT2D eigenvalue weighted by molar-refractivity contribution is 0.0780. The van der Waals surface area contributed by atoms with Crippen molar-refractivity contribution in [3.63, 3.8) is 0 Å². The lowest BCUT2D eigenvalue weighted by atomic mass is 10.1. The van der Waals surface area contributed by atoms with Crippen LogP contribution >= 0.6 is 11.3 Å². The van der Waals surface area contributed by atoms with E-state index in [0.29, 0.717) is 23.5 Å². The summed E-state index contributed by atoms with van der Waals surface area (Å²) < 4.78 is 5.19. The average Bonchev–Trinajstić information content (AvgIpc) is 2.90. The van der Waals surface area contributed by atoms with Crippen molar-refractivity contribution in [3.8, 4) is 5.75 Å². The van der Waals surface area contributed by atoms with E-state index in [1.165, 1.54) is 18.4 Å². The van der Waals surface area contributed by atoms with Crippen LogP contribution in [0.5, 0.6) is 5.75 Å². The fraction of sp³-hybridized carbons (Fsp3) is 0.231. The number of carbonyl (C=O) groups excluding carboxylic acids is 1. The van der Waals surface area contributed by atoms with Gasteiger partial charge in [-0.2, -0.15) is 0 Å². The topological polar surface area (TPSA) is 68.5 Å². The van der Waals surface area contributed by atoms with Gasteiger partial charge in [0.1, 0.15) is 5.75 Å². The van der Waals surface area contributed by atoms with Crippen molar-refractivity contribution in [3.05, 3.63) is 40.3 Å². The van der Waals surface area contributed by atoms with Crippen molar-refractivity contribution in [2.45, 2.75) is 6.54 Å². The Morgan fingerprint density at radius 2 is 2.32 bits per heavy atom. The summed E-state index contributed by atoms with van der Waals surface area (Å²) in [7, 11) is 3.26. The van der Waals surface area contributed by atoms with Crippen molar-refractivity contribution in [2.75, 3.05) is 19.9 Å². The van der Waals surface area contributed by atoms with Gasteiger partial charge in [-0.25, -0.2) is 4.98 Å². The molecule has 1 heterocycles.